The maximum atomic E-state index is 11.2. The highest BCUT2D eigenvalue weighted by atomic mass is 16.6. The van der Waals surface area contributed by atoms with Crippen LogP contribution in [-0.2, 0) is 0 Å². The minimum Gasteiger partial charge on any atom is -0.366 e. The topological polar surface area (TPSA) is 86.2 Å². The van der Waals surface area contributed by atoms with Crippen LogP contribution in [0.1, 0.15) is 10.4 Å². The molecule has 5 nitrogen and oxygen atoms in total. The lowest BCUT2D eigenvalue weighted by molar-refractivity contribution is -0.384. The normalized spacial score (nSPS) is 10.2. The lowest BCUT2D eigenvalue weighted by atomic mass is 10.0. The molecule has 0 saturated heterocycles. The van der Waals surface area contributed by atoms with Crippen LogP contribution < -0.4 is 5.73 Å². The van der Waals surface area contributed by atoms with E-state index in [9.17, 15) is 14.9 Å². The molecule has 2 N–H and O–H groups in total. The lowest BCUT2D eigenvalue weighted by Crippen LogP contribution is -2.11. The highest BCUT2D eigenvalue weighted by Crippen LogP contribution is 2.24. The second-order valence-corrected chi connectivity index (χ2v) is 3.34. The monoisotopic (exact) mass is 216 g/mol. The van der Waals surface area contributed by atoms with Crippen LogP contribution in [0.4, 0.5) is 5.69 Å². The minimum absolute atomic E-state index is 0.132. The third kappa shape index (κ3) is 1.58. The van der Waals surface area contributed by atoms with Crippen LogP contribution in [0, 0.1) is 10.1 Å². The molecule has 16 heavy (non-hydrogen) atoms. The average molecular weight is 216 g/mol. The Bertz CT molecular complexity index is 593. The fourth-order valence-corrected chi connectivity index (χ4v) is 1.60. The van der Waals surface area contributed by atoms with Crippen LogP contribution in [0.5, 0.6) is 0 Å². The Labute approximate surface area is 90.6 Å². The molecule has 0 fully saturated rings. The molecule has 2 rings (SSSR count). The number of hydrogen-bond acceptors (Lipinski definition) is 3. The molecule has 2 aromatic rings. The highest BCUT2D eigenvalue weighted by molar-refractivity contribution is 6.07. The van der Waals surface area contributed by atoms with E-state index in [1.807, 2.05) is 0 Å². The van der Waals surface area contributed by atoms with Gasteiger partial charge in [-0.25, -0.2) is 0 Å². The summed E-state index contributed by atoms with van der Waals surface area (Å²) in [5.74, 6) is -0.667. The SMILES string of the molecule is NC(=O)c1cc([N+](=O)[O-])cc2ccccc12. The molecule has 1 amide bonds. The zero-order chi connectivity index (χ0) is 11.7. The maximum Gasteiger partial charge on any atom is 0.270 e. The number of nitro groups is 1. The van der Waals surface area contributed by atoms with Crippen LogP contribution in [0.3, 0.4) is 0 Å². The average Bonchev–Trinajstić information content (AvgIpc) is 2.27. The molecule has 0 aliphatic heterocycles. The molecule has 0 spiro atoms. The van der Waals surface area contributed by atoms with E-state index in [1.54, 1.807) is 24.3 Å². The number of nitro benzene ring substituents is 1. The van der Waals surface area contributed by atoms with Gasteiger partial charge in [0.05, 0.1) is 10.5 Å². The number of benzene rings is 2. The Morgan fingerprint density at radius 2 is 1.94 bits per heavy atom. The Balaban J connectivity index is 2.84. The summed E-state index contributed by atoms with van der Waals surface area (Å²) in [6, 6.07) is 9.53. The van der Waals surface area contributed by atoms with Crippen molar-refractivity contribution < 1.29 is 9.72 Å². The van der Waals surface area contributed by atoms with Crippen molar-refractivity contribution in [1.29, 1.82) is 0 Å². The van der Waals surface area contributed by atoms with Gasteiger partial charge in [0, 0.05) is 12.1 Å². The van der Waals surface area contributed by atoms with Gasteiger partial charge in [-0.2, -0.15) is 0 Å². The van der Waals surface area contributed by atoms with Crippen LogP contribution in [0.15, 0.2) is 36.4 Å². The molecule has 0 aromatic heterocycles. The largest absolute Gasteiger partial charge is 0.366 e. The van der Waals surface area contributed by atoms with Gasteiger partial charge in [0.15, 0.2) is 0 Å². The molecule has 2 aromatic carbocycles. The Morgan fingerprint density at radius 3 is 2.56 bits per heavy atom. The third-order valence-electron chi connectivity index (χ3n) is 2.32. The van der Waals surface area contributed by atoms with E-state index in [1.165, 1.54) is 12.1 Å². The third-order valence-corrected chi connectivity index (χ3v) is 2.32. The number of rotatable bonds is 2. The smallest absolute Gasteiger partial charge is 0.270 e. The minimum atomic E-state index is -0.667. The summed E-state index contributed by atoms with van der Waals surface area (Å²) in [6.45, 7) is 0. The van der Waals surface area contributed by atoms with Crippen molar-refractivity contribution in [3.05, 3.63) is 52.1 Å². The zero-order valence-electron chi connectivity index (χ0n) is 8.21. The van der Waals surface area contributed by atoms with Crippen molar-refractivity contribution in [2.45, 2.75) is 0 Å². The number of nitrogens with two attached hydrogens (primary N) is 1. The summed E-state index contributed by atoms with van der Waals surface area (Å²) in [5.41, 5.74) is 5.23. The van der Waals surface area contributed by atoms with Gasteiger partial charge in [-0.3, -0.25) is 14.9 Å². The lowest BCUT2D eigenvalue weighted by Gasteiger charge is -2.02. The van der Waals surface area contributed by atoms with E-state index in [-0.39, 0.29) is 11.3 Å². The summed E-state index contributed by atoms with van der Waals surface area (Å²) < 4.78 is 0. The summed E-state index contributed by atoms with van der Waals surface area (Å²) in [5, 5.41) is 11.9. The number of nitrogens with zero attached hydrogens (tertiary/aromatic N) is 1. The van der Waals surface area contributed by atoms with Gasteiger partial charge in [-0.1, -0.05) is 24.3 Å². The fraction of sp³-hybridized carbons (Fsp3) is 0. The predicted molar refractivity (Wildman–Crippen MR) is 59.1 cm³/mol. The molecule has 0 atom stereocenters. The van der Waals surface area contributed by atoms with E-state index in [4.69, 9.17) is 5.73 Å². The van der Waals surface area contributed by atoms with Gasteiger partial charge in [0.1, 0.15) is 0 Å². The van der Waals surface area contributed by atoms with Crippen molar-refractivity contribution in [2.75, 3.05) is 0 Å². The molecule has 0 radical (unpaired) electrons. The van der Waals surface area contributed by atoms with E-state index in [0.29, 0.717) is 10.8 Å². The molecule has 0 aliphatic rings. The first-order valence-electron chi connectivity index (χ1n) is 4.56. The van der Waals surface area contributed by atoms with Gasteiger partial charge in [-0.05, 0) is 10.8 Å². The number of non-ortho nitro benzene ring substituents is 1. The van der Waals surface area contributed by atoms with E-state index < -0.39 is 10.8 Å². The van der Waals surface area contributed by atoms with E-state index >= 15 is 0 Å². The second-order valence-electron chi connectivity index (χ2n) is 3.34. The summed E-state index contributed by atoms with van der Waals surface area (Å²) in [4.78, 5) is 21.3. The number of amides is 1. The summed E-state index contributed by atoms with van der Waals surface area (Å²) in [7, 11) is 0. The maximum absolute atomic E-state index is 11.2. The van der Waals surface area contributed by atoms with Crippen molar-refractivity contribution in [3.63, 3.8) is 0 Å². The van der Waals surface area contributed by atoms with Gasteiger partial charge in [0.2, 0.25) is 5.91 Å². The van der Waals surface area contributed by atoms with Crippen LogP contribution in [0.25, 0.3) is 10.8 Å². The number of primary amides is 1. The van der Waals surface area contributed by atoms with E-state index in [2.05, 4.69) is 0 Å². The van der Waals surface area contributed by atoms with Crippen LogP contribution in [-0.4, -0.2) is 10.8 Å². The number of fused-ring (bicyclic) bond motifs is 1. The highest BCUT2D eigenvalue weighted by Gasteiger charge is 2.14. The predicted octanol–water partition coefficient (Wildman–Crippen LogP) is 1.85. The standard InChI is InChI=1S/C11H8N2O3/c12-11(14)10-6-8(13(15)16)5-7-3-1-2-4-9(7)10/h1-6H,(H2,12,14). The van der Waals surface area contributed by atoms with Gasteiger partial charge < -0.3 is 5.73 Å². The van der Waals surface area contributed by atoms with Gasteiger partial charge >= 0.3 is 0 Å². The molecule has 0 unspecified atom stereocenters. The molecular weight excluding hydrogens is 208 g/mol. The molecule has 80 valence electrons. The first kappa shape index (κ1) is 10.1. The second kappa shape index (κ2) is 3.62. The van der Waals surface area contributed by atoms with Gasteiger partial charge in [0.25, 0.3) is 5.69 Å². The van der Waals surface area contributed by atoms with Crippen molar-refractivity contribution in [1.82, 2.24) is 0 Å². The van der Waals surface area contributed by atoms with Gasteiger partial charge in [-0.15, -0.1) is 0 Å². The number of carbonyl (C=O) groups excluding carboxylic acids is 1. The fourth-order valence-electron chi connectivity index (χ4n) is 1.60. The first-order valence-corrected chi connectivity index (χ1v) is 4.56. The molecule has 0 heterocycles. The number of carbonyl (C=O) groups is 1. The summed E-state index contributed by atoms with van der Waals surface area (Å²) >= 11 is 0. The Morgan fingerprint density at radius 1 is 1.25 bits per heavy atom. The van der Waals surface area contributed by atoms with E-state index in [0.717, 1.165) is 0 Å². The van der Waals surface area contributed by atoms with Crippen LogP contribution >= 0.6 is 0 Å². The van der Waals surface area contributed by atoms with Crippen molar-refractivity contribution >= 4 is 22.4 Å². The van der Waals surface area contributed by atoms with Crippen molar-refractivity contribution in [2.24, 2.45) is 5.73 Å². The molecule has 0 aliphatic carbocycles. The quantitative estimate of drug-likeness (QED) is 0.613. The molecule has 0 saturated carbocycles. The Hall–Kier alpha value is -2.43. The summed E-state index contributed by atoms with van der Waals surface area (Å²) in [6.07, 6.45) is 0. The molecular formula is C11H8N2O3. The molecule has 5 heteroatoms. The van der Waals surface area contributed by atoms with Crippen molar-refractivity contribution in [3.8, 4) is 0 Å². The zero-order valence-corrected chi connectivity index (χ0v) is 8.21. The Kier molecular flexibility index (Phi) is 2.28. The first-order chi connectivity index (χ1) is 7.59. The molecule has 0 bridgehead atoms. The van der Waals surface area contributed by atoms with Crippen LogP contribution in [0.2, 0.25) is 0 Å². The number of hydrogen-bond donors (Lipinski definition) is 1.